The third-order valence-corrected chi connectivity index (χ3v) is 5.84. The van der Waals surface area contributed by atoms with Crippen LogP contribution in [0.15, 0.2) is 48.5 Å². The summed E-state index contributed by atoms with van der Waals surface area (Å²) < 4.78 is 0. The average molecular weight is 329 g/mol. The van der Waals surface area contributed by atoms with Crippen molar-refractivity contribution in [3.05, 3.63) is 59.7 Å². The highest BCUT2D eigenvalue weighted by Crippen LogP contribution is 2.50. The van der Waals surface area contributed by atoms with E-state index in [0.717, 1.165) is 31.7 Å². The summed E-state index contributed by atoms with van der Waals surface area (Å²) in [6.45, 7) is 6.64. The number of piperazine rings is 1. The van der Waals surface area contributed by atoms with Crippen LogP contribution in [0, 0.1) is 0 Å². The molecular formula is C22H23N3. The van der Waals surface area contributed by atoms with Crippen LogP contribution in [0.5, 0.6) is 0 Å². The van der Waals surface area contributed by atoms with Gasteiger partial charge in [0.25, 0.3) is 0 Å². The van der Waals surface area contributed by atoms with E-state index in [2.05, 4.69) is 72.3 Å². The Bertz CT molecular complexity index is 955. The van der Waals surface area contributed by atoms with Gasteiger partial charge in [0, 0.05) is 43.0 Å². The van der Waals surface area contributed by atoms with Crippen molar-refractivity contribution in [1.29, 1.82) is 0 Å². The molecule has 25 heavy (non-hydrogen) atoms. The number of nitrogens with zero attached hydrogens (tertiary/aromatic N) is 3. The summed E-state index contributed by atoms with van der Waals surface area (Å²) in [5.41, 5.74) is 6.76. The van der Waals surface area contributed by atoms with Gasteiger partial charge in [-0.15, -0.1) is 0 Å². The van der Waals surface area contributed by atoms with Crippen LogP contribution in [-0.2, 0) is 0 Å². The van der Waals surface area contributed by atoms with Crippen LogP contribution in [0.2, 0.25) is 0 Å². The normalized spacial score (nSPS) is 19.9. The minimum absolute atomic E-state index is 0.401. The van der Waals surface area contributed by atoms with Gasteiger partial charge in [-0.2, -0.15) is 0 Å². The third kappa shape index (κ3) is 2.19. The third-order valence-electron chi connectivity index (χ3n) is 5.84. The fourth-order valence-corrected chi connectivity index (χ4v) is 4.43. The van der Waals surface area contributed by atoms with E-state index in [1.807, 2.05) is 0 Å². The minimum Gasteiger partial charge on any atom is -0.354 e. The number of benzene rings is 2. The summed E-state index contributed by atoms with van der Waals surface area (Å²) in [6.07, 6.45) is 0. The van der Waals surface area contributed by atoms with Gasteiger partial charge in [-0.3, -0.25) is 0 Å². The first-order chi connectivity index (χ1) is 12.2. The fourth-order valence-electron chi connectivity index (χ4n) is 4.43. The fraction of sp³-hybridized carbons (Fsp3) is 0.318. The predicted molar refractivity (Wildman–Crippen MR) is 104 cm³/mol. The standard InChI is InChI=1S/C22H23N3/c1-15-16-7-3-4-8-17(16)21-18-9-5-6-10-19(18)23-22(20(15)21)25-13-11-24(2)12-14-25/h3-10,15H,11-14H2,1-2H3. The topological polar surface area (TPSA) is 19.4 Å². The molecule has 2 heterocycles. The highest BCUT2D eigenvalue weighted by Gasteiger charge is 2.32. The maximum absolute atomic E-state index is 5.14. The largest absolute Gasteiger partial charge is 0.354 e. The highest BCUT2D eigenvalue weighted by molar-refractivity contribution is 6.02. The Labute approximate surface area is 148 Å². The van der Waals surface area contributed by atoms with Crippen LogP contribution in [0.4, 0.5) is 5.82 Å². The SMILES string of the molecule is CC1c2ccccc2-c2c1c(N1CCN(C)CC1)nc1ccccc21. The molecule has 0 amide bonds. The molecule has 1 atom stereocenters. The number of fused-ring (bicyclic) bond motifs is 5. The van der Waals surface area contributed by atoms with Gasteiger partial charge in [-0.1, -0.05) is 49.4 Å². The van der Waals surface area contributed by atoms with Gasteiger partial charge in [-0.05, 0) is 29.8 Å². The van der Waals surface area contributed by atoms with Crippen molar-refractivity contribution in [2.45, 2.75) is 12.8 Å². The Hall–Kier alpha value is -2.39. The van der Waals surface area contributed by atoms with Crippen LogP contribution in [0.1, 0.15) is 24.0 Å². The Morgan fingerprint density at radius 1 is 0.920 bits per heavy atom. The van der Waals surface area contributed by atoms with Crippen molar-refractivity contribution < 1.29 is 0 Å². The van der Waals surface area contributed by atoms with E-state index in [4.69, 9.17) is 4.98 Å². The lowest BCUT2D eigenvalue weighted by atomic mass is 9.97. The smallest absolute Gasteiger partial charge is 0.133 e. The second kappa shape index (κ2) is 5.57. The van der Waals surface area contributed by atoms with Crippen molar-refractivity contribution in [2.75, 3.05) is 38.1 Å². The first-order valence-electron chi connectivity index (χ1n) is 9.19. The molecule has 0 N–H and O–H groups in total. The zero-order valence-corrected chi connectivity index (χ0v) is 14.9. The first kappa shape index (κ1) is 14.9. The van der Waals surface area contributed by atoms with Crippen LogP contribution in [0.3, 0.4) is 0 Å². The maximum atomic E-state index is 5.14. The average Bonchev–Trinajstić information content (AvgIpc) is 2.96. The molecular weight excluding hydrogens is 306 g/mol. The van der Waals surface area contributed by atoms with Crippen LogP contribution in [0.25, 0.3) is 22.0 Å². The van der Waals surface area contributed by atoms with Gasteiger partial charge in [0.15, 0.2) is 0 Å². The molecule has 1 unspecified atom stereocenters. The summed E-state index contributed by atoms with van der Waals surface area (Å²) in [7, 11) is 2.20. The summed E-state index contributed by atoms with van der Waals surface area (Å²) >= 11 is 0. The van der Waals surface area contributed by atoms with Crippen LogP contribution >= 0.6 is 0 Å². The number of anilines is 1. The second-order valence-electron chi connectivity index (χ2n) is 7.34. The lowest BCUT2D eigenvalue weighted by Crippen LogP contribution is -2.45. The molecule has 1 aliphatic carbocycles. The zero-order valence-electron chi connectivity index (χ0n) is 14.9. The molecule has 3 aromatic rings. The lowest BCUT2D eigenvalue weighted by Gasteiger charge is -2.35. The van der Waals surface area contributed by atoms with Gasteiger partial charge < -0.3 is 9.80 Å². The van der Waals surface area contributed by atoms with Crippen LogP contribution < -0.4 is 4.90 Å². The minimum atomic E-state index is 0.401. The highest BCUT2D eigenvalue weighted by atomic mass is 15.3. The van der Waals surface area contributed by atoms with Gasteiger partial charge in [0.2, 0.25) is 0 Å². The molecule has 0 radical (unpaired) electrons. The Morgan fingerprint density at radius 3 is 2.48 bits per heavy atom. The molecule has 1 saturated heterocycles. The molecule has 0 saturated carbocycles. The Morgan fingerprint density at radius 2 is 1.64 bits per heavy atom. The van der Waals surface area contributed by atoms with Crippen molar-refractivity contribution in [3.8, 4) is 11.1 Å². The molecule has 2 aliphatic rings. The van der Waals surface area contributed by atoms with Gasteiger partial charge in [0.05, 0.1) is 5.52 Å². The van der Waals surface area contributed by atoms with Crippen molar-refractivity contribution >= 4 is 16.7 Å². The summed E-state index contributed by atoms with van der Waals surface area (Å²) in [6, 6.07) is 17.5. The van der Waals surface area contributed by atoms with E-state index in [-0.39, 0.29) is 0 Å². The number of rotatable bonds is 1. The van der Waals surface area contributed by atoms with E-state index >= 15 is 0 Å². The number of hydrogen-bond donors (Lipinski definition) is 0. The van der Waals surface area contributed by atoms with Crippen molar-refractivity contribution in [3.63, 3.8) is 0 Å². The second-order valence-corrected chi connectivity index (χ2v) is 7.34. The summed E-state index contributed by atoms with van der Waals surface area (Å²) in [5, 5.41) is 1.28. The molecule has 3 nitrogen and oxygen atoms in total. The zero-order chi connectivity index (χ0) is 17.0. The van der Waals surface area contributed by atoms with Crippen LogP contribution in [-0.4, -0.2) is 43.1 Å². The van der Waals surface area contributed by atoms with E-state index < -0.39 is 0 Å². The van der Waals surface area contributed by atoms with E-state index in [9.17, 15) is 0 Å². The monoisotopic (exact) mass is 329 g/mol. The number of para-hydroxylation sites is 1. The lowest BCUT2D eigenvalue weighted by molar-refractivity contribution is 0.312. The van der Waals surface area contributed by atoms with Gasteiger partial charge in [0.1, 0.15) is 5.82 Å². The molecule has 3 heteroatoms. The maximum Gasteiger partial charge on any atom is 0.133 e. The molecule has 5 rings (SSSR count). The molecule has 126 valence electrons. The van der Waals surface area contributed by atoms with E-state index in [0.29, 0.717) is 5.92 Å². The number of aromatic nitrogens is 1. The first-order valence-corrected chi connectivity index (χ1v) is 9.19. The molecule has 0 spiro atoms. The number of pyridine rings is 1. The van der Waals surface area contributed by atoms with Crippen molar-refractivity contribution in [1.82, 2.24) is 9.88 Å². The predicted octanol–water partition coefficient (Wildman–Crippen LogP) is 4.12. The Balaban J connectivity index is 1.78. The van der Waals surface area contributed by atoms with Crippen molar-refractivity contribution in [2.24, 2.45) is 0 Å². The van der Waals surface area contributed by atoms with Gasteiger partial charge in [-0.25, -0.2) is 4.98 Å². The quantitative estimate of drug-likeness (QED) is 0.669. The molecule has 2 aromatic carbocycles. The Kier molecular flexibility index (Phi) is 3.32. The molecule has 1 aromatic heterocycles. The number of hydrogen-bond acceptors (Lipinski definition) is 3. The van der Waals surface area contributed by atoms with E-state index in [1.54, 1.807) is 0 Å². The summed E-state index contributed by atoms with van der Waals surface area (Å²) in [5.74, 6) is 1.60. The van der Waals surface area contributed by atoms with E-state index in [1.165, 1.54) is 33.5 Å². The molecule has 0 bridgehead atoms. The number of likely N-dealkylation sites (N-methyl/N-ethyl adjacent to an activating group) is 1. The summed E-state index contributed by atoms with van der Waals surface area (Å²) in [4.78, 5) is 10.0. The molecule has 1 fully saturated rings. The molecule has 1 aliphatic heterocycles. The van der Waals surface area contributed by atoms with Gasteiger partial charge >= 0.3 is 0 Å².